The fourth-order valence-electron chi connectivity index (χ4n) is 3.35. The van der Waals surface area contributed by atoms with Gasteiger partial charge in [-0.05, 0) is 42.8 Å². The first-order valence-corrected chi connectivity index (χ1v) is 10.7. The quantitative estimate of drug-likeness (QED) is 0.443. The lowest BCUT2D eigenvalue weighted by Gasteiger charge is -2.10. The van der Waals surface area contributed by atoms with Gasteiger partial charge in [0, 0.05) is 24.6 Å². The number of halogens is 3. The van der Waals surface area contributed by atoms with Gasteiger partial charge < -0.3 is 9.30 Å². The van der Waals surface area contributed by atoms with Crippen LogP contribution in [0.4, 0.5) is 13.2 Å². The lowest BCUT2D eigenvalue weighted by atomic mass is 10.1. The summed E-state index contributed by atoms with van der Waals surface area (Å²) in [7, 11) is 0.497. The van der Waals surface area contributed by atoms with E-state index in [9.17, 15) is 17.4 Å². The smallest absolute Gasteiger partial charge is 0.406 e. The topological polar surface area (TPSA) is 61.4 Å². The van der Waals surface area contributed by atoms with Crippen LogP contribution in [-0.2, 0) is 17.8 Å². The number of pyridine rings is 1. The Labute approximate surface area is 178 Å². The molecule has 4 rings (SSSR count). The zero-order valence-electron chi connectivity index (χ0n) is 17.0. The third kappa shape index (κ3) is 4.07. The highest BCUT2D eigenvalue weighted by Crippen LogP contribution is 2.31. The van der Waals surface area contributed by atoms with Gasteiger partial charge in [0.2, 0.25) is 0 Å². The average Bonchev–Trinajstić information content (AvgIpc) is 3.26. The number of fused-ring (bicyclic) bond motifs is 1. The fraction of sp³-hybridized carbons (Fsp3) is 0.238. The summed E-state index contributed by atoms with van der Waals surface area (Å²) in [5, 5.41) is 0.565. The summed E-state index contributed by atoms with van der Waals surface area (Å²) in [6, 6.07) is 9.35. The third-order valence-corrected chi connectivity index (χ3v) is 6.13. The van der Waals surface area contributed by atoms with Gasteiger partial charge in [0.1, 0.15) is 22.1 Å². The van der Waals surface area contributed by atoms with Crippen molar-refractivity contribution in [1.82, 2.24) is 18.9 Å². The molecule has 0 N–H and O–H groups in total. The number of aryl methyl sites for hydroxylation is 1. The molecule has 0 amide bonds. The van der Waals surface area contributed by atoms with E-state index in [1.165, 1.54) is 24.3 Å². The SMILES string of the molecule is CCS(=O)c1c(-c2ncc(-c3ccc(OC(F)(F)F)cc3)n2C)nc2ccc(C)cn12. The van der Waals surface area contributed by atoms with Gasteiger partial charge in [-0.2, -0.15) is 0 Å². The first-order valence-electron chi connectivity index (χ1n) is 9.43. The summed E-state index contributed by atoms with van der Waals surface area (Å²) in [6.07, 6.45) is -1.24. The number of alkyl halides is 3. The normalized spacial score (nSPS) is 13.0. The third-order valence-electron chi connectivity index (χ3n) is 4.78. The average molecular weight is 448 g/mol. The predicted octanol–water partition coefficient (Wildman–Crippen LogP) is 4.74. The number of hydrogen-bond donors (Lipinski definition) is 0. The molecule has 162 valence electrons. The molecule has 0 radical (unpaired) electrons. The molecule has 0 fully saturated rings. The molecule has 1 aromatic carbocycles. The van der Waals surface area contributed by atoms with Gasteiger partial charge in [-0.25, -0.2) is 9.97 Å². The summed E-state index contributed by atoms with van der Waals surface area (Å²) in [5.74, 6) is 0.644. The second-order valence-corrected chi connectivity index (χ2v) is 8.59. The molecular formula is C21H19F3N4O2S. The van der Waals surface area contributed by atoms with E-state index in [1.807, 2.05) is 36.6 Å². The zero-order valence-corrected chi connectivity index (χ0v) is 17.8. The van der Waals surface area contributed by atoms with E-state index in [-0.39, 0.29) is 5.75 Å². The molecule has 0 spiro atoms. The summed E-state index contributed by atoms with van der Waals surface area (Å²) >= 11 is 0. The van der Waals surface area contributed by atoms with Crippen LogP contribution in [0.2, 0.25) is 0 Å². The number of rotatable bonds is 5. The van der Waals surface area contributed by atoms with Crippen molar-refractivity contribution >= 4 is 16.4 Å². The Morgan fingerprint density at radius 2 is 1.84 bits per heavy atom. The molecular weight excluding hydrogens is 429 g/mol. The van der Waals surface area contributed by atoms with Crippen LogP contribution in [0.5, 0.6) is 5.75 Å². The number of ether oxygens (including phenoxy) is 1. The number of benzene rings is 1. The maximum Gasteiger partial charge on any atom is 0.573 e. The lowest BCUT2D eigenvalue weighted by Crippen LogP contribution is -2.16. The summed E-state index contributed by atoms with van der Waals surface area (Å²) in [5.41, 5.74) is 3.52. The van der Waals surface area contributed by atoms with Crippen LogP contribution >= 0.6 is 0 Å². The van der Waals surface area contributed by atoms with Crippen molar-refractivity contribution in [2.24, 2.45) is 7.05 Å². The Balaban J connectivity index is 1.78. The number of aromatic nitrogens is 4. The van der Waals surface area contributed by atoms with Gasteiger partial charge in [-0.15, -0.1) is 13.2 Å². The van der Waals surface area contributed by atoms with Crippen molar-refractivity contribution in [2.45, 2.75) is 25.2 Å². The molecule has 0 saturated heterocycles. The molecule has 0 bridgehead atoms. The van der Waals surface area contributed by atoms with Crippen LogP contribution in [0, 0.1) is 6.92 Å². The summed E-state index contributed by atoms with van der Waals surface area (Å²) in [4.78, 5) is 9.14. The molecule has 0 aliphatic rings. The van der Waals surface area contributed by atoms with E-state index in [2.05, 4.69) is 14.7 Å². The van der Waals surface area contributed by atoms with E-state index < -0.39 is 17.2 Å². The molecule has 10 heteroatoms. The van der Waals surface area contributed by atoms with Crippen LogP contribution in [0.1, 0.15) is 12.5 Å². The molecule has 1 unspecified atom stereocenters. The summed E-state index contributed by atoms with van der Waals surface area (Å²) in [6.45, 7) is 3.78. The molecule has 4 aromatic rings. The zero-order chi connectivity index (χ0) is 22.3. The van der Waals surface area contributed by atoms with E-state index in [4.69, 9.17) is 0 Å². The standard InChI is InChI=1S/C21H19F3N4O2S/c1-4-31(29)20-18(26-17-10-5-13(2)12-28(17)20)19-25-11-16(27(19)3)14-6-8-15(9-7-14)30-21(22,23)24/h5-12H,4H2,1-3H3. The van der Waals surface area contributed by atoms with Crippen molar-refractivity contribution < 1.29 is 22.1 Å². The number of imidazole rings is 2. The molecule has 0 aliphatic carbocycles. The minimum atomic E-state index is -4.74. The van der Waals surface area contributed by atoms with E-state index >= 15 is 0 Å². The second-order valence-electron chi connectivity index (χ2n) is 6.93. The second kappa shape index (κ2) is 7.84. The Kier molecular flexibility index (Phi) is 5.34. The largest absolute Gasteiger partial charge is 0.573 e. The molecule has 6 nitrogen and oxygen atoms in total. The van der Waals surface area contributed by atoms with Crippen molar-refractivity contribution in [1.29, 1.82) is 0 Å². The van der Waals surface area contributed by atoms with Crippen molar-refractivity contribution in [3.05, 3.63) is 54.4 Å². The van der Waals surface area contributed by atoms with Crippen LogP contribution in [0.3, 0.4) is 0 Å². The predicted molar refractivity (Wildman–Crippen MR) is 111 cm³/mol. The number of hydrogen-bond acceptors (Lipinski definition) is 4. The van der Waals surface area contributed by atoms with Crippen LogP contribution in [0.15, 0.2) is 53.8 Å². The van der Waals surface area contributed by atoms with Crippen molar-refractivity contribution in [3.8, 4) is 28.5 Å². The molecule has 0 saturated carbocycles. The van der Waals surface area contributed by atoms with Gasteiger partial charge >= 0.3 is 6.36 Å². The maximum absolute atomic E-state index is 12.8. The van der Waals surface area contributed by atoms with Crippen LogP contribution in [-0.4, -0.2) is 35.3 Å². The van der Waals surface area contributed by atoms with Gasteiger partial charge in [-0.1, -0.05) is 13.0 Å². The summed E-state index contributed by atoms with van der Waals surface area (Å²) < 4.78 is 57.6. The first kappa shape index (κ1) is 21.1. The van der Waals surface area contributed by atoms with E-state index in [0.29, 0.717) is 39.2 Å². The highest BCUT2D eigenvalue weighted by molar-refractivity contribution is 7.85. The minimum absolute atomic E-state index is 0.296. The number of nitrogens with zero attached hydrogens (tertiary/aromatic N) is 4. The van der Waals surface area contributed by atoms with Gasteiger partial charge in [-0.3, -0.25) is 8.61 Å². The minimum Gasteiger partial charge on any atom is -0.406 e. The lowest BCUT2D eigenvalue weighted by molar-refractivity contribution is -0.274. The monoisotopic (exact) mass is 448 g/mol. The molecule has 3 aromatic heterocycles. The Morgan fingerprint density at radius 3 is 2.48 bits per heavy atom. The van der Waals surface area contributed by atoms with Crippen LogP contribution in [0.25, 0.3) is 28.4 Å². The molecule has 31 heavy (non-hydrogen) atoms. The van der Waals surface area contributed by atoms with Crippen molar-refractivity contribution in [2.75, 3.05) is 5.75 Å². The van der Waals surface area contributed by atoms with Gasteiger partial charge in [0.15, 0.2) is 5.82 Å². The highest BCUT2D eigenvalue weighted by atomic mass is 32.2. The van der Waals surface area contributed by atoms with Crippen LogP contribution < -0.4 is 4.74 Å². The molecule has 1 atom stereocenters. The Hall–Kier alpha value is -3.14. The van der Waals surface area contributed by atoms with E-state index in [0.717, 1.165) is 5.56 Å². The fourth-order valence-corrected chi connectivity index (χ4v) is 4.35. The molecule has 3 heterocycles. The van der Waals surface area contributed by atoms with Gasteiger partial charge in [0.25, 0.3) is 0 Å². The van der Waals surface area contributed by atoms with E-state index in [1.54, 1.807) is 17.8 Å². The Morgan fingerprint density at radius 1 is 1.13 bits per heavy atom. The maximum atomic E-state index is 12.8. The Bertz CT molecular complexity index is 1280. The van der Waals surface area contributed by atoms with Crippen molar-refractivity contribution in [3.63, 3.8) is 0 Å². The highest BCUT2D eigenvalue weighted by Gasteiger charge is 2.31. The van der Waals surface area contributed by atoms with Gasteiger partial charge in [0.05, 0.1) is 22.7 Å². The molecule has 0 aliphatic heterocycles. The first-order chi connectivity index (χ1) is 14.7.